The fraction of sp³-hybridized carbons (Fsp3) is 0.714. The summed E-state index contributed by atoms with van der Waals surface area (Å²) in [5, 5.41) is 11.5. The topological polar surface area (TPSA) is 97.1 Å². The van der Waals surface area contributed by atoms with E-state index in [1.165, 1.54) is 12.8 Å². The molecule has 2 saturated heterocycles. The van der Waals surface area contributed by atoms with E-state index in [2.05, 4.69) is 20.3 Å². The average molecular weight is 399 g/mol. The summed E-state index contributed by atoms with van der Waals surface area (Å²) in [4.78, 5) is 19.4. The summed E-state index contributed by atoms with van der Waals surface area (Å²) >= 11 is 0. The number of aryl methyl sites for hydroxylation is 1. The van der Waals surface area contributed by atoms with Gasteiger partial charge in [0, 0.05) is 50.3 Å². The molecule has 3 aliphatic rings. The number of hydrogen-bond donors (Lipinski definition) is 1. The van der Waals surface area contributed by atoms with E-state index in [1.54, 1.807) is 0 Å². The molecule has 0 bridgehead atoms. The van der Waals surface area contributed by atoms with Gasteiger partial charge in [0.25, 0.3) is 5.91 Å². The van der Waals surface area contributed by atoms with Gasteiger partial charge in [0.05, 0.1) is 0 Å². The molecule has 1 aliphatic carbocycles. The third-order valence-corrected chi connectivity index (χ3v) is 6.47. The van der Waals surface area contributed by atoms with Crippen molar-refractivity contribution in [2.45, 2.75) is 63.2 Å². The Kier molecular flexibility index (Phi) is 5.35. The van der Waals surface area contributed by atoms with Gasteiger partial charge in [-0.15, -0.1) is 0 Å². The molecule has 29 heavy (non-hydrogen) atoms. The van der Waals surface area contributed by atoms with Gasteiger partial charge in [-0.3, -0.25) is 9.89 Å². The van der Waals surface area contributed by atoms with Crippen molar-refractivity contribution in [2.24, 2.45) is 5.92 Å². The Morgan fingerprint density at radius 2 is 2.03 bits per heavy atom. The highest BCUT2D eigenvalue weighted by molar-refractivity contribution is 5.92. The van der Waals surface area contributed by atoms with Crippen LogP contribution in [-0.2, 0) is 11.2 Å². The maximum Gasteiger partial charge on any atom is 0.274 e. The van der Waals surface area contributed by atoms with Crippen LogP contribution in [0, 0.1) is 5.92 Å². The molecule has 0 aromatic carbocycles. The molecule has 1 N–H and O–H groups in total. The maximum absolute atomic E-state index is 12.8. The number of nitrogens with one attached hydrogen (secondary N) is 1. The Bertz CT molecular complexity index is 837. The highest BCUT2D eigenvalue weighted by atomic mass is 16.5. The molecule has 2 aliphatic heterocycles. The summed E-state index contributed by atoms with van der Waals surface area (Å²) in [5.74, 6) is 2.99. The van der Waals surface area contributed by atoms with E-state index in [-0.39, 0.29) is 5.91 Å². The average Bonchev–Trinajstić information content (AvgIpc) is 3.31. The van der Waals surface area contributed by atoms with Crippen LogP contribution < -0.4 is 0 Å². The Labute approximate surface area is 170 Å². The van der Waals surface area contributed by atoms with E-state index >= 15 is 0 Å². The van der Waals surface area contributed by atoms with Gasteiger partial charge in [-0.25, -0.2) is 0 Å². The Morgan fingerprint density at radius 3 is 2.86 bits per heavy atom. The number of carbonyl (C=O) groups is 1. The monoisotopic (exact) mass is 399 g/mol. The summed E-state index contributed by atoms with van der Waals surface area (Å²) in [7, 11) is 0. The van der Waals surface area contributed by atoms with Crippen LogP contribution >= 0.6 is 0 Å². The number of aromatic amines is 1. The molecule has 4 heterocycles. The largest absolute Gasteiger partial charge is 0.381 e. The molecule has 1 atom stereocenters. The molecule has 156 valence electrons. The molecule has 2 aromatic rings. The third kappa shape index (κ3) is 4.37. The predicted octanol–water partition coefficient (Wildman–Crippen LogP) is 3.05. The summed E-state index contributed by atoms with van der Waals surface area (Å²) in [5.41, 5.74) is 1.67. The minimum Gasteiger partial charge on any atom is -0.381 e. The molecular formula is C21H29N5O3. The van der Waals surface area contributed by atoms with Crippen molar-refractivity contribution in [3.05, 3.63) is 29.2 Å². The molecule has 3 fully saturated rings. The zero-order valence-electron chi connectivity index (χ0n) is 16.8. The zero-order chi connectivity index (χ0) is 19.6. The van der Waals surface area contributed by atoms with Crippen molar-refractivity contribution < 1.29 is 14.1 Å². The van der Waals surface area contributed by atoms with Gasteiger partial charge >= 0.3 is 0 Å². The fourth-order valence-electron chi connectivity index (χ4n) is 4.51. The first kappa shape index (κ1) is 18.8. The number of nitrogens with zero attached hydrogens (tertiary/aromatic N) is 4. The number of ether oxygens (including phenoxy) is 1. The highest BCUT2D eigenvalue weighted by Crippen LogP contribution is 2.39. The molecule has 0 radical (unpaired) electrons. The van der Waals surface area contributed by atoms with Crippen LogP contribution in [0.4, 0.5) is 0 Å². The number of carbonyl (C=O) groups excluding carboxylic acids is 1. The van der Waals surface area contributed by atoms with Crippen molar-refractivity contribution in [1.29, 1.82) is 0 Å². The third-order valence-electron chi connectivity index (χ3n) is 6.47. The number of aromatic nitrogens is 4. The van der Waals surface area contributed by atoms with Crippen LogP contribution in [0.25, 0.3) is 0 Å². The fourth-order valence-corrected chi connectivity index (χ4v) is 4.51. The molecule has 2 aromatic heterocycles. The maximum atomic E-state index is 12.8. The van der Waals surface area contributed by atoms with Gasteiger partial charge in [0.1, 0.15) is 5.69 Å². The summed E-state index contributed by atoms with van der Waals surface area (Å²) in [6.45, 7) is 3.14. The minimum atomic E-state index is 0.0548. The van der Waals surface area contributed by atoms with E-state index < -0.39 is 0 Å². The predicted molar refractivity (Wildman–Crippen MR) is 105 cm³/mol. The molecule has 1 saturated carbocycles. The van der Waals surface area contributed by atoms with E-state index in [9.17, 15) is 4.79 Å². The van der Waals surface area contributed by atoms with E-state index in [4.69, 9.17) is 9.26 Å². The number of hydrogen-bond acceptors (Lipinski definition) is 6. The van der Waals surface area contributed by atoms with Crippen molar-refractivity contribution in [2.75, 3.05) is 26.3 Å². The van der Waals surface area contributed by atoms with Gasteiger partial charge < -0.3 is 14.2 Å². The number of H-pyrrole nitrogens is 1. The highest BCUT2D eigenvalue weighted by Gasteiger charge is 2.30. The molecule has 1 unspecified atom stereocenters. The van der Waals surface area contributed by atoms with E-state index in [0.29, 0.717) is 23.4 Å². The molecule has 5 rings (SSSR count). The molecule has 8 heteroatoms. The lowest BCUT2D eigenvalue weighted by Gasteiger charge is -2.32. The van der Waals surface area contributed by atoms with Crippen LogP contribution in [-0.4, -0.2) is 57.4 Å². The smallest absolute Gasteiger partial charge is 0.274 e. The van der Waals surface area contributed by atoms with Gasteiger partial charge in [-0.05, 0) is 56.9 Å². The van der Waals surface area contributed by atoms with Crippen LogP contribution in [0.15, 0.2) is 10.6 Å². The van der Waals surface area contributed by atoms with Gasteiger partial charge in [-0.2, -0.15) is 10.1 Å². The van der Waals surface area contributed by atoms with Crippen molar-refractivity contribution in [3.63, 3.8) is 0 Å². The van der Waals surface area contributed by atoms with Crippen molar-refractivity contribution in [1.82, 2.24) is 25.2 Å². The molecular weight excluding hydrogens is 370 g/mol. The van der Waals surface area contributed by atoms with Crippen molar-refractivity contribution >= 4 is 5.91 Å². The Hall–Kier alpha value is -2.22. The first-order valence-corrected chi connectivity index (χ1v) is 11.0. The lowest BCUT2D eigenvalue weighted by molar-refractivity contribution is 0.0662. The zero-order valence-corrected chi connectivity index (χ0v) is 16.8. The molecule has 1 amide bonds. The molecule has 0 spiro atoms. The SMILES string of the molecule is O=C(c1cc(C2CC2)[nH]n1)N1CCCC(CCc2noc(C3CCOCC3)n2)C1. The van der Waals surface area contributed by atoms with Crippen LogP contribution in [0.5, 0.6) is 0 Å². The Morgan fingerprint density at radius 1 is 1.17 bits per heavy atom. The molecule has 8 nitrogen and oxygen atoms in total. The number of amides is 1. The second-order valence-corrected chi connectivity index (χ2v) is 8.72. The second kappa shape index (κ2) is 8.26. The number of rotatable bonds is 6. The van der Waals surface area contributed by atoms with Gasteiger partial charge in [0.2, 0.25) is 5.89 Å². The first-order chi connectivity index (χ1) is 14.3. The van der Waals surface area contributed by atoms with E-state index in [1.807, 2.05) is 11.0 Å². The van der Waals surface area contributed by atoms with Gasteiger partial charge in [0.15, 0.2) is 5.82 Å². The first-order valence-electron chi connectivity index (χ1n) is 11.0. The Balaban J connectivity index is 1.14. The number of piperidine rings is 1. The lowest BCUT2D eigenvalue weighted by atomic mass is 9.93. The summed E-state index contributed by atoms with van der Waals surface area (Å²) in [6, 6.07) is 1.95. The van der Waals surface area contributed by atoms with Crippen LogP contribution in [0.3, 0.4) is 0 Å². The minimum absolute atomic E-state index is 0.0548. The second-order valence-electron chi connectivity index (χ2n) is 8.72. The van der Waals surface area contributed by atoms with Gasteiger partial charge in [-0.1, -0.05) is 5.16 Å². The standard InChI is InChI=1S/C21H29N5O3/c27-21(18-12-17(23-24-18)15-4-5-15)26-9-1-2-14(13-26)3-6-19-22-20(29-25-19)16-7-10-28-11-8-16/h12,14-16H,1-11,13H2,(H,23,24). The normalized spacial score (nSPS) is 23.4. The van der Waals surface area contributed by atoms with Crippen molar-refractivity contribution in [3.8, 4) is 0 Å². The quantitative estimate of drug-likeness (QED) is 0.802. The van der Waals surface area contributed by atoms with E-state index in [0.717, 1.165) is 82.2 Å². The van der Waals surface area contributed by atoms with Crippen LogP contribution in [0.2, 0.25) is 0 Å². The summed E-state index contributed by atoms with van der Waals surface area (Å²) in [6.07, 6.45) is 8.27. The van der Waals surface area contributed by atoms with Crippen LogP contribution in [0.1, 0.15) is 84.7 Å². The lowest BCUT2D eigenvalue weighted by Crippen LogP contribution is -2.40. The number of likely N-dealkylation sites (tertiary alicyclic amines) is 1. The summed E-state index contributed by atoms with van der Waals surface area (Å²) < 4.78 is 10.9.